The van der Waals surface area contributed by atoms with Gasteiger partial charge in [0.1, 0.15) is 0 Å². The highest BCUT2D eigenvalue weighted by atomic mass is 16.6. The third-order valence-electron chi connectivity index (χ3n) is 2.87. The largest absolute Gasteiger partial charge is 0.394 e. The maximum atomic E-state index is 11.8. The SMILES string of the molecule is CC(C)CC(CO)NC(=O)/C=C/c1ccccc1[N+](=O)[O-]. The van der Waals surface area contributed by atoms with Crippen molar-refractivity contribution in [2.24, 2.45) is 5.92 Å². The van der Waals surface area contributed by atoms with E-state index in [4.69, 9.17) is 0 Å². The standard InChI is InChI=1S/C15H20N2O4/c1-11(2)9-13(10-18)16-15(19)8-7-12-5-3-4-6-14(12)17(20)21/h3-8,11,13,18H,9-10H2,1-2H3,(H,16,19)/b8-7+. The van der Waals surface area contributed by atoms with E-state index in [9.17, 15) is 20.0 Å². The van der Waals surface area contributed by atoms with Gasteiger partial charge in [-0.3, -0.25) is 14.9 Å². The number of hydrogen-bond acceptors (Lipinski definition) is 4. The van der Waals surface area contributed by atoms with E-state index in [1.807, 2.05) is 13.8 Å². The van der Waals surface area contributed by atoms with Crippen molar-refractivity contribution in [3.8, 4) is 0 Å². The van der Waals surface area contributed by atoms with Gasteiger partial charge in [-0.1, -0.05) is 26.0 Å². The molecule has 6 nitrogen and oxygen atoms in total. The quantitative estimate of drug-likeness (QED) is 0.457. The molecule has 0 heterocycles. The molecule has 0 fully saturated rings. The number of rotatable bonds is 7. The summed E-state index contributed by atoms with van der Waals surface area (Å²) in [6, 6.07) is 5.87. The van der Waals surface area contributed by atoms with Crippen LogP contribution in [0.1, 0.15) is 25.8 Å². The molecule has 0 aromatic heterocycles. The fourth-order valence-corrected chi connectivity index (χ4v) is 1.96. The molecule has 0 bridgehead atoms. The van der Waals surface area contributed by atoms with Gasteiger partial charge >= 0.3 is 0 Å². The molecule has 2 N–H and O–H groups in total. The van der Waals surface area contributed by atoms with Gasteiger partial charge in [0.2, 0.25) is 5.91 Å². The first-order valence-electron chi connectivity index (χ1n) is 6.77. The number of nitrogens with zero attached hydrogens (tertiary/aromatic N) is 1. The van der Waals surface area contributed by atoms with Crippen molar-refractivity contribution >= 4 is 17.7 Å². The molecule has 0 aliphatic heterocycles. The first-order valence-corrected chi connectivity index (χ1v) is 6.77. The number of hydrogen-bond donors (Lipinski definition) is 2. The summed E-state index contributed by atoms with van der Waals surface area (Å²) in [4.78, 5) is 22.1. The van der Waals surface area contributed by atoms with Crippen LogP contribution in [0.2, 0.25) is 0 Å². The molecule has 1 atom stereocenters. The molecule has 0 radical (unpaired) electrons. The normalized spacial score (nSPS) is 12.6. The Kier molecular flexibility index (Phi) is 6.55. The highest BCUT2D eigenvalue weighted by Gasteiger charge is 2.12. The molecule has 1 aromatic rings. The second-order valence-corrected chi connectivity index (χ2v) is 5.17. The number of benzene rings is 1. The number of carbonyl (C=O) groups is 1. The fraction of sp³-hybridized carbons (Fsp3) is 0.400. The van der Waals surface area contributed by atoms with E-state index in [-0.39, 0.29) is 24.2 Å². The monoisotopic (exact) mass is 292 g/mol. The van der Waals surface area contributed by atoms with Crippen molar-refractivity contribution < 1.29 is 14.8 Å². The van der Waals surface area contributed by atoms with Crippen molar-refractivity contribution in [2.45, 2.75) is 26.3 Å². The Morgan fingerprint density at radius 1 is 1.43 bits per heavy atom. The lowest BCUT2D eigenvalue weighted by atomic mass is 10.0. The Bertz CT molecular complexity index is 526. The van der Waals surface area contributed by atoms with Gasteiger partial charge in [0.05, 0.1) is 23.1 Å². The maximum Gasteiger partial charge on any atom is 0.276 e. The van der Waals surface area contributed by atoms with Crippen LogP contribution < -0.4 is 5.32 Å². The van der Waals surface area contributed by atoms with Crippen LogP contribution in [-0.4, -0.2) is 28.6 Å². The van der Waals surface area contributed by atoms with Gasteiger partial charge in [-0.2, -0.15) is 0 Å². The Balaban J connectivity index is 2.72. The van der Waals surface area contributed by atoms with E-state index >= 15 is 0 Å². The summed E-state index contributed by atoms with van der Waals surface area (Å²) in [5, 5.41) is 22.7. The third kappa shape index (κ3) is 5.74. The van der Waals surface area contributed by atoms with E-state index < -0.39 is 4.92 Å². The van der Waals surface area contributed by atoms with E-state index in [0.29, 0.717) is 17.9 Å². The molecule has 1 rings (SSSR count). The highest BCUT2D eigenvalue weighted by molar-refractivity contribution is 5.92. The minimum Gasteiger partial charge on any atom is -0.394 e. The number of para-hydroxylation sites is 1. The summed E-state index contributed by atoms with van der Waals surface area (Å²) in [7, 11) is 0. The van der Waals surface area contributed by atoms with E-state index in [1.165, 1.54) is 18.2 Å². The summed E-state index contributed by atoms with van der Waals surface area (Å²) in [5.41, 5.74) is 0.310. The van der Waals surface area contributed by atoms with Crippen LogP contribution >= 0.6 is 0 Å². The second kappa shape index (κ2) is 8.16. The predicted molar refractivity (Wildman–Crippen MR) is 80.6 cm³/mol. The number of nitrogens with one attached hydrogen (secondary N) is 1. The van der Waals surface area contributed by atoms with Gasteiger partial charge in [0.15, 0.2) is 0 Å². The molecule has 6 heteroatoms. The van der Waals surface area contributed by atoms with Gasteiger partial charge in [0.25, 0.3) is 5.69 Å². The summed E-state index contributed by atoms with van der Waals surface area (Å²) in [6.45, 7) is 3.86. The molecule has 1 aromatic carbocycles. The van der Waals surface area contributed by atoms with E-state index in [2.05, 4.69) is 5.32 Å². The average molecular weight is 292 g/mol. The first kappa shape index (κ1) is 16.8. The van der Waals surface area contributed by atoms with Crippen LogP contribution in [-0.2, 0) is 4.79 Å². The van der Waals surface area contributed by atoms with Crippen LogP contribution in [0.5, 0.6) is 0 Å². The van der Waals surface area contributed by atoms with Gasteiger partial charge in [-0.25, -0.2) is 0 Å². The zero-order valence-electron chi connectivity index (χ0n) is 12.2. The molecule has 21 heavy (non-hydrogen) atoms. The van der Waals surface area contributed by atoms with Crippen LogP contribution in [0.25, 0.3) is 6.08 Å². The Morgan fingerprint density at radius 3 is 2.67 bits per heavy atom. The van der Waals surface area contributed by atoms with Crippen molar-refractivity contribution in [3.63, 3.8) is 0 Å². The molecule has 0 aliphatic rings. The Morgan fingerprint density at radius 2 is 2.10 bits per heavy atom. The summed E-state index contributed by atoms with van der Waals surface area (Å²) < 4.78 is 0. The van der Waals surface area contributed by atoms with Crippen molar-refractivity contribution in [2.75, 3.05) is 6.61 Å². The van der Waals surface area contributed by atoms with Crippen molar-refractivity contribution in [1.29, 1.82) is 0 Å². The number of aliphatic hydroxyl groups excluding tert-OH is 1. The highest BCUT2D eigenvalue weighted by Crippen LogP contribution is 2.18. The lowest BCUT2D eigenvalue weighted by molar-refractivity contribution is -0.385. The molecule has 0 aliphatic carbocycles. The van der Waals surface area contributed by atoms with Crippen LogP contribution in [0, 0.1) is 16.0 Å². The molecule has 1 amide bonds. The van der Waals surface area contributed by atoms with Crippen molar-refractivity contribution in [3.05, 3.63) is 46.0 Å². The van der Waals surface area contributed by atoms with Crippen molar-refractivity contribution in [1.82, 2.24) is 5.32 Å². The Labute approximate surface area is 123 Å². The maximum absolute atomic E-state index is 11.8. The minimum absolute atomic E-state index is 0.0533. The predicted octanol–water partition coefficient (Wildman–Crippen LogP) is 2.13. The molecule has 0 spiro atoms. The lowest BCUT2D eigenvalue weighted by Crippen LogP contribution is -2.37. The summed E-state index contributed by atoms with van der Waals surface area (Å²) in [6.07, 6.45) is 3.31. The van der Waals surface area contributed by atoms with Gasteiger partial charge in [-0.15, -0.1) is 0 Å². The van der Waals surface area contributed by atoms with E-state index in [0.717, 1.165) is 0 Å². The minimum atomic E-state index is -0.493. The molecule has 0 saturated heterocycles. The molecular formula is C15H20N2O4. The van der Waals surface area contributed by atoms with E-state index in [1.54, 1.807) is 18.2 Å². The summed E-state index contributed by atoms with van der Waals surface area (Å²) >= 11 is 0. The van der Waals surface area contributed by atoms with Crippen LogP contribution in [0.15, 0.2) is 30.3 Å². The molecule has 0 saturated carbocycles. The van der Waals surface area contributed by atoms with Gasteiger partial charge < -0.3 is 10.4 Å². The zero-order valence-corrected chi connectivity index (χ0v) is 12.2. The van der Waals surface area contributed by atoms with Crippen LogP contribution in [0.4, 0.5) is 5.69 Å². The molecular weight excluding hydrogens is 272 g/mol. The Hall–Kier alpha value is -2.21. The zero-order chi connectivity index (χ0) is 15.8. The first-order chi connectivity index (χ1) is 9.93. The smallest absolute Gasteiger partial charge is 0.276 e. The number of nitro groups is 1. The topological polar surface area (TPSA) is 92.5 Å². The van der Waals surface area contributed by atoms with Crippen LogP contribution in [0.3, 0.4) is 0 Å². The number of amides is 1. The lowest BCUT2D eigenvalue weighted by Gasteiger charge is -2.17. The third-order valence-corrected chi connectivity index (χ3v) is 2.87. The number of nitro benzene ring substituents is 1. The van der Waals surface area contributed by atoms with Gasteiger partial charge in [-0.05, 0) is 24.5 Å². The number of aliphatic hydroxyl groups is 1. The van der Waals surface area contributed by atoms with Gasteiger partial charge in [0, 0.05) is 12.1 Å². The molecule has 114 valence electrons. The summed E-state index contributed by atoms with van der Waals surface area (Å²) in [5.74, 6) is -0.0329. The fourth-order valence-electron chi connectivity index (χ4n) is 1.96. The number of carbonyl (C=O) groups excluding carboxylic acids is 1. The molecule has 1 unspecified atom stereocenters. The average Bonchev–Trinajstić information content (AvgIpc) is 2.44. The second-order valence-electron chi connectivity index (χ2n) is 5.17.